The number of amides is 2. The minimum absolute atomic E-state index is 0.0210. The maximum atomic E-state index is 12.1. The minimum Gasteiger partial charge on any atom is -0.342 e. The summed E-state index contributed by atoms with van der Waals surface area (Å²) >= 11 is 0. The molecule has 90 valence electrons. The van der Waals surface area contributed by atoms with Crippen LogP contribution in [0.25, 0.3) is 0 Å². The van der Waals surface area contributed by atoms with Gasteiger partial charge < -0.3 is 16.0 Å². The monoisotopic (exact) mass is 225 g/mol. The van der Waals surface area contributed by atoms with Crippen molar-refractivity contribution in [2.24, 2.45) is 5.92 Å². The van der Waals surface area contributed by atoms with E-state index in [4.69, 9.17) is 0 Å². The lowest BCUT2D eigenvalue weighted by Gasteiger charge is -2.43. The molecular weight excluding hydrogens is 206 g/mol. The lowest BCUT2D eigenvalue weighted by Crippen LogP contribution is -2.72. The van der Waals surface area contributed by atoms with Crippen LogP contribution in [0.2, 0.25) is 0 Å². The van der Waals surface area contributed by atoms with Crippen molar-refractivity contribution in [3.05, 3.63) is 0 Å². The van der Waals surface area contributed by atoms with E-state index >= 15 is 0 Å². The van der Waals surface area contributed by atoms with E-state index < -0.39 is 5.54 Å². The number of nitrogens with one attached hydrogen (secondary N) is 3. The van der Waals surface area contributed by atoms with Gasteiger partial charge in [-0.3, -0.25) is 9.59 Å². The van der Waals surface area contributed by atoms with Gasteiger partial charge in [0.2, 0.25) is 11.8 Å². The Morgan fingerprint density at radius 3 is 2.44 bits per heavy atom. The Morgan fingerprint density at radius 2 is 1.88 bits per heavy atom. The SMILES string of the molecule is CC(C)C1NC(=O)C2(CCNCC2)NC1=O. The molecule has 2 aliphatic rings. The molecule has 0 saturated carbocycles. The van der Waals surface area contributed by atoms with Crippen molar-refractivity contribution in [2.75, 3.05) is 13.1 Å². The van der Waals surface area contributed by atoms with E-state index in [0.717, 1.165) is 13.1 Å². The van der Waals surface area contributed by atoms with Gasteiger partial charge in [0.05, 0.1) is 0 Å². The molecule has 2 saturated heterocycles. The number of carbonyl (C=O) groups is 2. The molecule has 2 fully saturated rings. The lowest BCUT2D eigenvalue weighted by atomic mass is 9.83. The maximum Gasteiger partial charge on any atom is 0.246 e. The van der Waals surface area contributed by atoms with E-state index in [-0.39, 0.29) is 23.8 Å². The molecule has 0 aromatic carbocycles. The van der Waals surface area contributed by atoms with Crippen LogP contribution in [0.15, 0.2) is 0 Å². The van der Waals surface area contributed by atoms with Gasteiger partial charge in [-0.1, -0.05) is 13.8 Å². The van der Waals surface area contributed by atoms with Crippen LogP contribution < -0.4 is 16.0 Å². The standard InChI is InChI=1S/C11H19N3O2/c1-7(2)8-9(15)14-11(10(16)13-8)3-5-12-6-4-11/h7-8,12H,3-6H2,1-2H3,(H,13,16)(H,14,15). The number of hydrogen-bond acceptors (Lipinski definition) is 3. The first-order chi connectivity index (χ1) is 7.55. The zero-order chi connectivity index (χ0) is 11.8. The van der Waals surface area contributed by atoms with Gasteiger partial charge in [-0.2, -0.15) is 0 Å². The van der Waals surface area contributed by atoms with Crippen molar-refractivity contribution in [1.29, 1.82) is 0 Å². The molecule has 0 aliphatic carbocycles. The van der Waals surface area contributed by atoms with Gasteiger partial charge in [0.25, 0.3) is 0 Å². The van der Waals surface area contributed by atoms with Gasteiger partial charge in [-0.05, 0) is 31.8 Å². The van der Waals surface area contributed by atoms with Gasteiger partial charge in [-0.15, -0.1) is 0 Å². The number of hydrogen-bond donors (Lipinski definition) is 3. The number of piperazine rings is 1. The van der Waals surface area contributed by atoms with Crippen molar-refractivity contribution in [3.8, 4) is 0 Å². The first-order valence-corrected chi connectivity index (χ1v) is 5.89. The Kier molecular flexibility index (Phi) is 2.88. The Labute approximate surface area is 95.3 Å². The van der Waals surface area contributed by atoms with Gasteiger partial charge >= 0.3 is 0 Å². The molecule has 2 heterocycles. The highest BCUT2D eigenvalue weighted by Crippen LogP contribution is 2.23. The van der Waals surface area contributed by atoms with Crippen molar-refractivity contribution in [3.63, 3.8) is 0 Å². The summed E-state index contributed by atoms with van der Waals surface area (Å²) < 4.78 is 0. The molecular formula is C11H19N3O2. The second kappa shape index (κ2) is 4.05. The third-order valence-corrected chi connectivity index (χ3v) is 3.49. The second-order valence-corrected chi connectivity index (χ2v) is 5.02. The van der Waals surface area contributed by atoms with Crippen LogP contribution in [0.5, 0.6) is 0 Å². The van der Waals surface area contributed by atoms with Crippen LogP contribution >= 0.6 is 0 Å². The smallest absolute Gasteiger partial charge is 0.246 e. The predicted octanol–water partition coefficient (Wildman–Crippen LogP) is -0.621. The van der Waals surface area contributed by atoms with Crippen molar-refractivity contribution < 1.29 is 9.59 Å². The van der Waals surface area contributed by atoms with Crippen molar-refractivity contribution >= 4 is 11.8 Å². The van der Waals surface area contributed by atoms with Crippen molar-refractivity contribution in [1.82, 2.24) is 16.0 Å². The van der Waals surface area contributed by atoms with Crippen LogP contribution in [-0.2, 0) is 9.59 Å². The van der Waals surface area contributed by atoms with E-state index in [2.05, 4.69) is 16.0 Å². The first kappa shape index (κ1) is 11.4. The average molecular weight is 225 g/mol. The van der Waals surface area contributed by atoms with E-state index in [1.807, 2.05) is 13.8 Å². The summed E-state index contributed by atoms with van der Waals surface area (Å²) in [4.78, 5) is 24.0. The molecule has 1 atom stereocenters. The van der Waals surface area contributed by atoms with Crippen LogP contribution in [0.1, 0.15) is 26.7 Å². The maximum absolute atomic E-state index is 12.1. The molecule has 1 spiro atoms. The van der Waals surface area contributed by atoms with E-state index in [1.165, 1.54) is 0 Å². The molecule has 2 rings (SSSR count). The topological polar surface area (TPSA) is 70.2 Å². The van der Waals surface area contributed by atoms with Gasteiger partial charge in [0.1, 0.15) is 11.6 Å². The highest BCUT2D eigenvalue weighted by Gasteiger charge is 2.47. The average Bonchev–Trinajstić information content (AvgIpc) is 2.24. The molecule has 5 heteroatoms. The van der Waals surface area contributed by atoms with E-state index in [0.29, 0.717) is 12.8 Å². The largest absolute Gasteiger partial charge is 0.342 e. The molecule has 0 bridgehead atoms. The summed E-state index contributed by atoms with van der Waals surface area (Å²) in [6, 6.07) is -0.381. The fourth-order valence-corrected chi connectivity index (χ4v) is 2.39. The second-order valence-electron chi connectivity index (χ2n) is 5.02. The normalized spacial score (nSPS) is 29.1. The summed E-state index contributed by atoms with van der Waals surface area (Å²) in [6.07, 6.45) is 1.35. The Bertz CT molecular complexity index is 308. The Hall–Kier alpha value is -1.10. The molecule has 0 aromatic rings. The molecule has 2 amide bonds. The summed E-state index contributed by atoms with van der Waals surface area (Å²) in [6.45, 7) is 5.43. The Balaban J connectivity index is 2.14. The van der Waals surface area contributed by atoms with Gasteiger partial charge in [0, 0.05) is 0 Å². The number of rotatable bonds is 1. The van der Waals surface area contributed by atoms with Crippen LogP contribution in [0.4, 0.5) is 0 Å². The van der Waals surface area contributed by atoms with Crippen LogP contribution in [0.3, 0.4) is 0 Å². The van der Waals surface area contributed by atoms with Gasteiger partial charge in [-0.25, -0.2) is 0 Å². The first-order valence-electron chi connectivity index (χ1n) is 5.89. The molecule has 5 nitrogen and oxygen atoms in total. The molecule has 0 radical (unpaired) electrons. The highest BCUT2D eigenvalue weighted by molar-refractivity contribution is 6.00. The summed E-state index contributed by atoms with van der Waals surface area (Å²) in [5.41, 5.74) is -0.659. The van der Waals surface area contributed by atoms with E-state index in [1.54, 1.807) is 0 Å². The fraction of sp³-hybridized carbons (Fsp3) is 0.818. The summed E-state index contributed by atoms with van der Waals surface area (Å²) in [5.74, 6) is 0.0619. The third-order valence-electron chi connectivity index (χ3n) is 3.49. The fourth-order valence-electron chi connectivity index (χ4n) is 2.39. The van der Waals surface area contributed by atoms with E-state index in [9.17, 15) is 9.59 Å². The molecule has 2 aliphatic heterocycles. The number of carbonyl (C=O) groups excluding carboxylic acids is 2. The quantitative estimate of drug-likeness (QED) is 0.557. The van der Waals surface area contributed by atoms with Crippen LogP contribution in [-0.4, -0.2) is 36.5 Å². The zero-order valence-corrected chi connectivity index (χ0v) is 9.80. The molecule has 3 N–H and O–H groups in total. The molecule has 1 unspecified atom stereocenters. The number of piperidine rings is 1. The molecule has 16 heavy (non-hydrogen) atoms. The van der Waals surface area contributed by atoms with Crippen LogP contribution in [0, 0.1) is 5.92 Å². The minimum atomic E-state index is -0.659. The highest BCUT2D eigenvalue weighted by atomic mass is 16.2. The van der Waals surface area contributed by atoms with Gasteiger partial charge in [0.15, 0.2) is 0 Å². The third kappa shape index (κ3) is 1.80. The predicted molar refractivity (Wildman–Crippen MR) is 59.7 cm³/mol. The summed E-state index contributed by atoms with van der Waals surface area (Å²) in [5, 5.41) is 8.96. The molecule has 0 aromatic heterocycles. The Morgan fingerprint density at radius 1 is 1.25 bits per heavy atom. The lowest BCUT2D eigenvalue weighted by molar-refractivity contribution is -0.143. The van der Waals surface area contributed by atoms with Crippen molar-refractivity contribution in [2.45, 2.75) is 38.3 Å². The summed E-state index contributed by atoms with van der Waals surface area (Å²) in [7, 11) is 0. The zero-order valence-electron chi connectivity index (χ0n) is 9.80.